The average molecular weight is 527 g/mol. The number of piperidine rings is 1. The van der Waals surface area contributed by atoms with Crippen molar-refractivity contribution in [1.82, 2.24) is 19.4 Å². The van der Waals surface area contributed by atoms with Crippen LogP contribution in [0.4, 0.5) is 4.39 Å². The number of carbonyl (C=O) groups excluding carboxylic acids is 3. The fourth-order valence-electron chi connectivity index (χ4n) is 5.12. The van der Waals surface area contributed by atoms with Gasteiger partial charge in [-0.2, -0.15) is 0 Å². The van der Waals surface area contributed by atoms with Crippen LogP contribution >= 0.6 is 15.9 Å². The summed E-state index contributed by atoms with van der Waals surface area (Å²) < 4.78 is 16.1. The molecule has 2 aliphatic rings. The highest BCUT2D eigenvalue weighted by Gasteiger charge is 2.36. The van der Waals surface area contributed by atoms with Gasteiger partial charge in [-0.05, 0) is 65.9 Å². The number of fused-ring (bicyclic) bond motifs is 1. The van der Waals surface area contributed by atoms with Crippen molar-refractivity contribution in [3.8, 4) is 5.69 Å². The number of halogens is 2. The van der Waals surface area contributed by atoms with Crippen molar-refractivity contribution < 1.29 is 18.8 Å². The Hall–Kier alpha value is -3.07. The molecule has 2 amide bonds. The van der Waals surface area contributed by atoms with E-state index in [0.29, 0.717) is 48.9 Å². The molecule has 0 aliphatic carbocycles. The molecular weight excluding hydrogens is 503 g/mol. The van der Waals surface area contributed by atoms with Gasteiger partial charge in [0.25, 0.3) is 0 Å². The van der Waals surface area contributed by atoms with Crippen molar-refractivity contribution in [2.24, 2.45) is 5.92 Å². The maximum absolute atomic E-state index is 13.6. The number of benzene rings is 1. The summed E-state index contributed by atoms with van der Waals surface area (Å²) in [4.78, 5) is 45.3. The van der Waals surface area contributed by atoms with Crippen LogP contribution in [-0.4, -0.2) is 63.1 Å². The second-order valence-corrected chi connectivity index (χ2v) is 9.72. The summed E-state index contributed by atoms with van der Waals surface area (Å²) in [6.07, 6.45) is 8.61. The zero-order valence-corrected chi connectivity index (χ0v) is 20.1. The van der Waals surface area contributed by atoms with Gasteiger partial charge in [0.15, 0.2) is 5.78 Å². The van der Waals surface area contributed by atoms with E-state index in [-0.39, 0.29) is 29.5 Å². The van der Waals surface area contributed by atoms with E-state index < -0.39 is 0 Å². The van der Waals surface area contributed by atoms with Gasteiger partial charge in [0.1, 0.15) is 11.9 Å². The molecule has 7 nitrogen and oxygen atoms in total. The van der Waals surface area contributed by atoms with Crippen LogP contribution in [-0.2, 0) is 9.59 Å². The molecule has 2 fully saturated rings. The number of ketones is 1. The van der Waals surface area contributed by atoms with Crippen LogP contribution in [0.25, 0.3) is 16.6 Å². The second-order valence-electron chi connectivity index (χ2n) is 8.87. The molecule has 2 aliphatic heterocycles. The summed E-state index contributed by atoms with van der Waals surface area (Å²) in [6.45, 7) is 1.63. The van der Waals surface area contributed by atoms with E-state index in [0.717, 1.165) is 29.4 Å². The summed E-state index contributed by atoms with van der Waals surface area (Å²) in [6, 6.07) is 5.89. The Morgan fingerprint density at radius 1 is 1.12 bits per heavy atom. The van der Waals surface area contributed by atoms with Crippen LogP contribution in [0, 0.1) is 11.7 Å². The Balaban J connectivity index is 1.37. The van der Waals surface area contributed by atoms with Gasteiger partial charge in [-0.15, -0.1) is 0 Å². The van der Waals surface area contributed by atoms with Crippen molar-refractivity contribution in [1.29, 1.82) is 0 Å². The minimum Gasteiger partial charge on any atom is -0.341 e. The Morgan fingerprint density at radius 3 is 2.65 bits per heavy atom. The number of likely N-dealkylation sites (tertiary alicyclic amines) is 2. The Morgan fingerprint density at radius 2 is 1.91 bits per heavy atom. The first-order valence-corrected chi connectivity index (χ1v) is 12.2. The van der Waals surface area contributed by atoms with Crippen LogP contribution in [0.1, 0.15) is 36.0 Å². The number of pyridine rings is 1. The summed E-state index contributed by atoms with van der Waals surface area (Å²) in [5.41, 5.74) is 2.08. The van der Waals surface area contributed by atoms with Crippen LogP contribution in [0.5, 0.6) is 0 Å². The van der Waals surface area contributed by atoms with Crippen molar-refractivity contribution in [3.63, 3.8) is 0 Å². The van der Waals surface area contributed by atoms with E-state index in [1.165, 1.54) is 12.1 Å². The molecule has 4 heterocycles. The fraction of sp³-hybridized carbons (Fsp3) is 0.360. The third-order valence-electron chi connectivity index (χ3n) is 6.93. The molecule has 5 rings (SSSR count). The lowest BCUT2D eigenvalue weighted by molar-refractivity contribution is -0.140. The Bertz CT molecular complexity index is 1270. The lowest BCUT2D eigenvalue weighted by Crippen LogP contribution is -2.48. The van der Waals surface area contributed by atoms with E-state index in [9.17, 15) is 18.8 Å². The maximum Gasteiger partial charge on any atom is 0.245 e. The Kier molecular flexibility index (Phi) is 6.20. The number of rotatable bonds is 5. The van der Waals surface area contributed by atoms with E-state index in [1.807, 2.05) is 10.6 Å². The van der Waals surface area contributed by atoms with Crippen molar-refractivity contribution in [2.45, 2.75) is 31.7 Å². The highest BCUT2D eigenvalue weighted by Crippen LogP contribution is 2.32. The molecule has 0 radical (unpaired) electrons. The number of hydrogen-bond donors (Lipinski definition) is 0. The quantitative estimate of drug-likeness (QED) is 0.372. The summed E-state index contributed by atoms with van der Waals surface area (Å²) >= 11 is 3.42. The summed E-state index contributed by atoms with van der Waals surface area (Å²) in [7, 11) is 0. The molecule has 0 saturated carbocycles. The molecule has 0 N–H and O–H groups in total. The van der Waals surface area contributed by atoms with Gasteiger partial charge in [-0.1, -0.05) is 0 Å². The van der Waals surface area contributed by atoms with Crippen LogP contribution in [0.3, 0.4) is 0 Å². The molecule has 2 saturated heterocycles. The number of aromatic nitrogens is 2. The molecule has 2 aromatic heterocycles. The molecule has 9 heteroatoms. The van der Waals surface area contributed by atoms with Gasteiger partial charge in [-0.25, -0.2) is 4.39 Å². The molecule has 1 atom stereocenters. The average Bonchev–Trinajstić information content (AvgIpc) is 3.48. The molecule has 3 aromatic rings. The third kappa shape index (κ3) is 4.02. The van der Waals surface area contributed by atoms with Crippen LogP contribution in [0.15, 0.2) is 47.3 Å². The van der Waals surface area contributed by atoms with Gasteiger partial charge >= 0.3 is 0 Å². The summed E-state index contributed by atoms with van der Waals surface area (Å²) in [5, 5.41) is 0.794. The highest BCUT2D eigenvalue weighted by molar-refractivity contribution is 9.10. The first kappa shape index (κ1) is 22.7. The second kappa shape index (κ2) is 9.29. The first-order chi connectivity index (χ1) is 16.5. The maximum atomic E-state index is 13.6. The largest absolute Gasteiger partial charge is 0.341 e. The van der Waals surface area contributed by atoms with E-state index in [2.05, 4.69) is 20.9 Å². The molecule has 1 aromatic carbocycles. The fourth-order valence-corrected chi connectivity index (χ4v) is 5.66. The van der Waals surface area contributed by atoms with E-state index >= 15 is 0 Å². The van der Waals surface area contributed by atoms with Gasteiger partial charge in [0, 0.05) is 53.4 Å². The third-order valence-corrected chi connectivity index (χ3v) is 7.57. The standard InChI is InChI=1S/C25H24BrFN4O3/c26-20-12-17(27)3-4-21(20)31-14-19(18-5-8-28-13-23(18)31)24(33)16-6-10-29(11-7-16)25(34)22-2-1-9-30(22)15-32/h3-5,8,12-16,22H,1-2,6-7,9-11H2. The highest BCUT2D eigenvalue weighted by atomic mass is 79.9. The first-order valence-electron chi connectivity index (χ1n) is 11.4. The Labute approximate surface area is 204 Å². The SMILES string of the molecule is O=CN1CCCC1C(=O)N1CCC(C(=O)c2cn(-c3ccc(F)cc3Br)c3cnccc23)CC1. The predicted molar refractivity (Wildman–Crippen MR) is 128 cm³/mol. The molecule has 0 spiro atoms. The molecule has 34 heavy (non-hydrogen) atoms. The lowest BCUT2D eigenvalue weighted by Gasteiger charge is -2.34. The zero-order chi connectivity index (χ0) is 23.8. The van der Waals surface area contributed by atoms with Crippen LogP contribution < -0.4 is 0 Å². The van der Waals surface area contributed by atoms with Crippen molar-refractivity contribution >= 4 is 44.9 Å². The monoisotopic (exact) mass is 526 g/mol. The zero-order valence-electron chi connectivity index (χ0n) is 18.5. The lowest BCUT2D eigenvalue weighted by atomic mass is 9.88. The number of amides is 2. The minimum absolute atomic E-state index is 0.0145. The molecule has 176 valence electrons. The normalized spacial score (nSPS) is 19.1. The van der Waals surface area contributed by atoms with Gasteiger partial charge < -0.3 is 14.4 Å². The van der Waals surface area contributed by atoms with Crippen molar-refractivity contribution in [2.75, 3.05) is 19.6 Å². The number of hydrogen-bond acceptors (Lipinski definition) is 4. The molecule has 1 unspecified atom stereocenters. The number of Topliss-reactive ketones (excluding diaryl/α,β-unsaturated/α-hetero) is 1. The molecular formula is C25H24BrFN4O3. The summed E-state index contributed by atoms with van der Waals surface area (Å²) in [5.74, 6) is -0.523. The van der Waals surface area contributed by atoms with E-state index in [1.54, 1.807) is 34.5 Å². The van der Waals surface area contributed by atoms with Crippen molar-refractivity contribution in [3.05, 3.63) is 58.7 Å². The van der Waals surface area contributed by atoms with Crippen LogP contribution in [0.2, 0.25) is 0 Å². The van der Waals surface area contributed by atoms with Gasteiger partial charge in [0.2, 0.25) is 12.3 Å². The number of carbonyl (C=O) groups is 3. The van der Waals surface area contributed by atoms with E-state index in [4.69, 9.17) is 0 Å². The minimum atomic E-state index is -0.371. The molecule has 0 bridgehead atoms. The van der Waals surface area contributed by atoms with Gasteiger partial charge in [-0.3, -0.25) is 19.4 Å². The smallest absolute Gasteiger partial charge is 0.245 e. The topological polar surface area (TPSA) is 75.5 Å². The number of nitrogens with zero attached hydrogens (tertiary/aromatic N) is 4. The predicted octanol–water partition coefficient (Wildman–Crippen LogP) is 3.97. The van der Waals surface area contributed by atoms with Gasteiger partial charge in [0.05, 0.1) is 17.4 Å².